The third kappa shape index (κ3) is 3.84. The van der Waals surface area contributed by atoms with E-state index in [9.17, 15) is 9.59 Å². The van der Waals surface area contributed by atoms with Crippen molar-refractivity contribution in [1.82, 2.24) is 4.98 Å². The molecule has 0 bridgehead atoms. The Kier molecular flexibility index (Phi) is 4.83. The van der Waals surface area contributed by atoms with Crippen LogP contribution in [0.1, 0.15) is 27.7 Å². The highest BCUT2D eigenvalue weighted by atomic mass is 16.2. The summed E-state index contributed by atoms with van der Waals surface area (Å²) in [5, 5.41) is 5.43. The van der Waals surface area contributed by atoms with Gasteiger partial charge in [-0.2, -0.15) is 0 Å². The maximum absolute atomic E-state index is 11.6. The Morgan fingerprint density at radius 3 is 2.17 bits per heavy atom. The SMILES string of the molecule is CC(C)C(=O)Nc1cccnc1NC(=O)C(C)C. The molecule has 0 saturated heterocycles. The van der Waals surface area contributed by atoms with Crippen LogP contribution < -0.4 is 10.6 Å². The van der Waals surface area contributed by atoms with Gasteiger partial charge >= 0.3 is 0 Å². The van der Waals surface area contributed by atoms with Gasteiger partial charge in [-0.05, 0) is 12.1 Å². The summed E-state index contributed by atoms with van der Waals surface area (Å²) in [7, 11) is 0. The lowest BCUT2D eigenvalue weighted by atomic mass is 10.2. The number of hydrogen-bond acceptors (Lipinski definition) is 3. The van der Waals surface area contributed by atoms with Crippen molar-refractivity contribution in [2.45, 2.75) is 27.7 Å². The molecule has 0 spiro atoms. The largest absolute Gasteiger partial charge is 0.323 e. The number of hydrogen-bond donors (Lipinski definition) is 2. The summed E-state index contributed by atoms with van der Waals surface area (Å²) in [6.45, 7) is 7.20. The van der Waals surface area contributed by atoms with E-state index >= 15 is 0 Å². The first-order valence-electron chi connectivity index (χ1n) is 5.98. The summed E-state index contributed by atoms with van der Waals surface area (Å²) in [5.74, 6) is -0.124. The molecule has 1 heterocycles. The van der Waals surface area contributed by atoms with E-state index in [2.05, 4.69) is 15.6 Å². The molecule has 0 saturated carbocycles. The number of carbonyl (C=O) groups excluding carboxylic acids is 2. The van der Waals surface area contributed by atoms with Crippen molar-refractivity contribution in [2.75, 3.05) is 10.6 Å². The van der Waals surface area contributed by atoms with E-state index in [1.54, 1.807) is 46.0 Å². The molecule has 0 aliphatic carbocycles. The Hall–Kier alpha value is -1.91. The normalized spacial score (nSPS) is 10.6. The minimum Gasteiger partial charge on any atom is -0.323 e. The zero-order chi connectivity index (χ0) is 13.7. The minimum atomic E-state index is -0.138. The summed E-state index contributed by atoms with van der Waals surface area (Å²) >= 11 is 0. The van der Waals surface area contributed by atoms with Gasteiger partial charge < -0.3 is 10.6 Å². The van der Waals surface area contributed by atoms with E-state index in [-0.39, 0.29) is 23.7 Å². The quantitative estimate of drug-likeness (QED) is 0.859. The fourth-order valence-electron chi connectivity index (χ4n) is 1.14. The molecule has 98 valence electrons. The summed E-state index contributed by atoms with van der Waals surface area (Å²) < 4.78 is 0. The van der Waals surface area contributed by atoms with Gasteiger partial charge in [-0.1, -0.05) is 27.7 Å². The van der Waals surface area contributed by atoms with Crippen LogP contribution in [0.4, 0.5) is 11.5 Å². The van der Waals surface area contributed by atoms with Crippen LogP contribution in [0.3, 0.4) is 0 Å². The second-order valence-electron chi connectivity index (χ2n) is 4.69. The van der Waals surface area contributed by atoms with Gasteiger partial charge in [-0.25, -0.2) is 4.98 Å². The van der Waals surface area contributed by atoms with Gasteiger partial charge in [0, 0.05) is 18.0 Å². The van der Waals surface area contributed by atoms with Crippen molar-refractivity contribution < 1.29 is 9.59 Å². The Labute approximate surface area is 107 Å². The molecule has 0 unspecified atom stereocenters. The molecule has 0 aliphatic rings. The van der Waals surface area contributed by atoms with Crippen molar-refractivity contribution >= 4 is 23.3 Å². The first-order valence-corrected chi connectivity index (χ1v) is 5.98. The van der Waals surface area contributed by atoms with E-state index in [1.165, 1.54) is 0 Å². The number of anilines is 2. The van der Waals surface area contributed by atoms with Gasteiger partial charge in [-0.3, -0.25) is 9.59 Å². The molecule has 18 heavy (non-hydrogen) atoms. The molecular formula is C13H19N3O2. The third-order valence-corrected chi connectivity index (χ3v) is 2.36. The Bertz CT molecular complexity index is 401. The summed E-state index contributed by atoms with van der Waals surface area (Å²) in [6, 6.07) is 3.42. The van der Waals surface area contributed by atoms with Crippen LogP contribution in [0.25, 0.3) is 0 Å². The predicted molar refractivity (Wildman–Crippen MR) is 71.2 cm³/mol. The van der Waals surface area contributed by atoms with E-state index in [1.807, 2.05) is 0 Å². The molecular weight excluding hydrogens is 230 g/mol. The molecule has 0 atom stereocenters. The molecule has 1 rings (SSSR count). The monoisotopic (exact) mass is 249 g/mol. The molecule has 2 N–H and O–H groups in total. The van der Waals surface area contributed by atoms with E-state index in [0.29, 0.717) is 11.5 Å². The van der Waals surface area contributed by atoms with Crippen LogP contribution in [0.5, 0.6) is 0 Å². The maximum Gasteiger partial charge on any atom is 0.228 e. The molecule has 0 fully saturated rings. The van der Waals surface area contributed by atoms with Crippen LogP contribution in [-0.4, -0.2) is 16.8 Å². The third-order valence-electron chi connectivity index (χ3n) is 2.36. The summed E-state index contributed by atoms with van der Waals surface area (Å²) in [4.78, 5) is 27.3. The molecule has 0 aliphatic heterocycles. The number of nitrogens with zero attached hydrogens (tertiary/aromatic N) is 1. The van der Waals surface area contributed by atoms with Crippen LogP contribution in [0.15, 0.2) is 18.3 Å². The van der Waals surface area contributed by atoms with Gasteiger partial charge in [-0.15, -0.1) is 0 Å². The topological polar surface area (TPSA) is 71.1 Å². The Balaban J connectivity index is 2.86. The van der Waals surface area contributed by atoms with Gasteiger partial charge in [0.15, 0.2) is 5.82 Å². The van der Waals surface area contributed by atoms with Crippen molar-refractivity contribution in [3.05, 3.63) is 18.3 Å². The number of nitrogens with one attached hydrogen (secondary N) is 2. The highest BCUT2D eigenvalue weighted by Crippen LogP contribution is 2.19. The van der Waals surface area contributed by atoms with Gasteiger partial charge in [0.05, 0.1) is 5.69 Å². The average Bonchev–Trinajstić information content (AvgIpc) is 2.31. The molecule has 5 heteroatoms. The lowest BCUT2D eigenvalue weighted by Crippen LogP contribution is -2.22. The number of pyridine rings is 1. The number of carbonyl (C=O) groups is 2. The number of rotatable bonds is 4. The summed E-state index contributed by atoms with van der Waals surface area (Å²) in [5.41, 5.74) is 0.519. The molecule has 0 aromatic carbocycles. The van der Waals surface area contributed by atoms with Gasteiger partial charge in [0.2, 0.25) is 11.8 Å². The van der Waals surface area contributed by atoms with Crippen LogP contribution in [-0.2, 0) is 9.59 Å². The van der Waals surface area contributed by atoms with Crippen molar-refractivity contribution in [1.29, 1.82) is 0 Å². The Morgan fingerprint density at radius 2 is 1.61 bits per heavy atom. The summed E-state index contributed by atoms with van der Waals surface area (Å²) in [6.07, 6.45) is 1.57. The smallest absolute Gasteiger partial charge is 0.228 e. The van der Waals surface area contributed by atoms with E-state index in [0.717, 1.165) is 0 Å². The first-order chi connectivity index (χ1) is 8.41. The number of amides is 2. The maximum atomic E-state index is 11.6. The standard InChI is InChI=1S/C13H19N3O2/c1-8(2)12(17)15-10-6-5-7-14-11(10)16-13(18)9(3)4/h5-9H,1-4H3,(H,15,17)(H,14,16,18). The predicted octanol–water partition coefficient (Wildman–Crippen LogP) is 2.27. The highest BCUT2D eigenvalue weighted by molar-refractivity contribution is 5.99. The average molecular weight is 249 g/mol. The molecule has 5 nitrogen and oxygen atoms in total. The fraction of sp³-hybridized carbons (Fsp3) is 0.462. The van der Waals surface area contributed by atoms with Crippen molar-refractivity contribution in [2.24, 2.45) is 11.8 Å². The molecule has 1 aromatic heterocycles. The zero-order valence-corrected chi connectivity index (χ0v) is 11.2. The molecule has 2 amide bonds. The van der Waals surface area contributed by atoms with Gasteiger partial charge in [0.1, 0.15) is 0 Å². The van der Waals surface area contributed by atoms with Crippen molar-refractivity contribution in [3.8, 4) is 0 Å². The minimum absolute atomic E-state index is 0.108. The van der Waals surface area contributed by atoms with Crippen LogP contribution in [0.2, 0.25) is 0 Å². The first kappa shape index (κ1) is 14.2. The molecule has 0 radical (unpaired) electrons. The van der Waals surface area contributed by atoms with Crippen LogP contribution in [0, 0.1) is 11.8 Å². The Morgan fingerprint density at radius 1 is 1.06 bits per heavy atom. The lowest BCUT2D eigenvalue weighted by Gasteiger charge is -2.13. The number of aromatic nitrogens is 1. The highest BCUT2D eigenvalue weighted by Gasteiger charge is 2.14. The molecule has 1 aromatic rings. The van der Waals surface area contributed by atoms with Crippen molar-refractivity contribution in [3.63, 3.8) is 0 Å². The second-order valence-corrected chi connectivity index (χ2v) is 4.69. The van der Waals surface area contributed by atoms with E-state index in [4.69, 9.17) is 0 Å². The van der Waals surface area contributed by atoms with Gasteiger partial charge in [0.25, 0.3) is 0 Å². The zero-order valence-electron chi connectivity index (χ0n) is 11.2. The fourth-order valence-corrected chi connectivity index (χ4v) is 1.14. The lowest BCUT2D eigenvalue weighted by molar-refractivity contribution is -0.119. The van der Waals surface area contributed by atoms with E-state index < -0.39 is 0 Å². The second kappa shape index (κ2) is 6.14. The van der Waals surface area contributed by atoms with Crippen LogP contribution >= 0.6 is 0 Å².